The molecule has 0 saturated carbocycles. The van der Waals surface area contributed by atoms with E-state index in [9.17, 15) is 4.79 Å². The molecule has 1 aromatic rings. The molecule has 0 bridgehead atoms. The number of pyridine rings is 1. The van der Waals surface area contributed by atoms with Gasteiger partial charge in [-0.25, -0.2) is 10.8 Å². The smallest absolute Gasteiger partial charge is 0.252 e. The predicted octanol–water partition coefficient (Wildman–Crippen LogP) is 1.53. The van der Waals surface area contributed by atoms with Crippen LogP contribution in [0.2, 0.25) is 0 Å². The lowest BCUT2D eigenvalue weighted by molar-refractivity contribution is 0.0953. The highest BCUT2D eigenvalue weighted by molar-refractivity contribution is 5.93. The van der Waals surface area contributed by atoms with Gasteiger partial charge in [-0.15, -0.1) is 0 Å². The highest BCUT2D eigenvalue weighted by Crippen LogP contribution is 2.03. The number of carbonyl (C=O) groups excluding carboxylic acids is 1. The fourth-order valence-corrected chi connectivity index (χ4v) is 1.09. The van der Waals surface area contributed by atoms with Crippen LogP contribution < -0.4 is 16.6 Å². The Morgan fingerprint density at radius 3 is 2.75 bits per heavy atom. The van der Waals surface area contributed by atoms with Crippen LogP contribution in [0.3, 0.4) is 0 Å². The first-order valence-electron chi connectivity index (χ1n) is 4.98. The minimum Gasteiger partial charge on any atom is -0.352 e. The van der Waals surface area contributed by atoms with E-state index in [0.717, 1.165) is 12.8 Å². The monoisotopic (exact) mass is 224 g/mol. The minimum absolute atomic E-state index is 0. The van der Waals surface area contributed by atoms with E-state index in [1.54, 1.807) is 12.1 Å². The van der Waals surface area contributed by atoms with Crippen LogP contribution in [0.5, 0.6) is 0 Å². The lowest BCUT2D eigenvalue weighted by Gasteiger charge is -2.04. The van der Waals surface area contributed by atoms with Crippen molar-refractivity contribution in [3.8, 4) is 0 Å². The van der Waals surface area contributed by atoms with Crippen LogP contribution in [0, 0.1) is 0 Å². The molecule has 1 heterocycles. The van der Waals surface area contributed by atoms with Crippen molar-refractivity contribution < 1.29 is 4.79 Å². The van der Waals surface area contributed by atoms with Crippen molar-refractivity contribution in [1.82, 2.24) is 10.3 Å². The van der Waals surface area contributed by atoms with Gasteiger partial charge in [-0.2, -0.15) is 0 Å². The van der Waals surface area contributed by atoms with Gasteiger partial charge in [0.1, 0.15) is 5.82 Å². The van der Waals surface area contributed by atoms with Crippen LogP contribution in [0.1, 0.15) is 37.6 Å². The quantitative estimate of drug-likeness (QED) is 0.402. The van der Waals surface area contributed by atoms with Crippen molar-refractivity contribution in [2.45, 2.75) is 27.2 Å². The SMILES string of the molecule is C.CCCCNC(=O)c1ccc(NN)nc1. The number of anilines is 1. The number of hydrazine groups is 1. The first kappa shape index (κ1) is 14.4. The molecule has 0 aliphatic rings. The number of nitrogens with two attached hydrogens (primary N) is 1. The Bertz CT molecular complexity index is 310. The Labute approximate surface area is 96.4 Å². The zero-order valence-electron chi connectivity index (χ0n) is 8.79. The summed E-state index contributed by atoms with van der Waals surface area (Å²) in [6, 6.07) is 3.35. The molecule has 4 N–H and O–H groups in total. The van der Waals surface area contributed by atoms with Gasteiger partial charge in [-0.05, 0) is 18.6 Å². The standard InChI is InChI=1S/C10H16N4O.CH4/c1-2-3-6-12-10(15)8-4-5-9(14-11)13-7-8;/h4-5,7H,2-3,6,11H2,1H3,(H,12,15)(H,13,14);1H4. The van der Waals surface area contributed by atoms with E-state index in [0.29, 0.717) is 17.9 Å². The van der Waals surface area contributed by atoms with E-state index in [-0.39, 0.29) is 13.3 Å². The summed E-state index contributed by atoms with van der Waals surface area (Å²) in [5.41, 5.74) is 2.95. The van der Waals surface area contributed by atoms with Crippen molar-refractivity contribution in [3.05, 3.63) is 23.9 Å². The number of rotatable bonds is 5. The summed E-state index contributed by atoms with van der Waals surface area (Å²) in [7, 11) is 0. The third-order valence-electron chi connectivity index (χ3n) is 1.99. The Morgan fingerprint density at radius 1 is 1.50 bits per heavy atom. The summed E-state index contributed by atoms with van der Waals surface area (Å²) in [4.78, 5) is 15.5. The highest BCUT2D eigenvalue weighted by atomic mass is 16.1. The van der Waals surface area contributed by atoms with E-state index >= 15 is 0 Å². The van der Waals surface area contributed by atoms with E-state index in [4.69, 9.17) is 5.84 Å². The third kappa shape index (κ3) is 4.27. The molecule has 16 heavy (non-hydrogen) atoms. The van der Waals surface area contributed by atoms with Crippen molar-refractivity contribution in [1.29, 1.82) is 0 Å². The summed E-state index contributed by atoms with van der Waals surface area (Å²) < 4.78 is 0. The predicted molar refractivity (Wildman–Crippen MR) is 66.0 cm³/mol. The third-order valence-corrected chi connectivity index (χ3v) is 1.99. The zero-order chi connectivity index (χ0) is 11.1. The molecular formula is C11H20N4O. The maximum atomic E-state index is 11.5. The first-order valence-corrected chi connectivity index (χ1v) is 4.98. The average molecular weight is 224 g/mol. The van der Waals surface area contributed by atoms with Crippen molar-refractivity contribution >= 4 is 11.7 Å². The largest absolute Gasteiger partial charge is 0.352 e. The molecule has 0 aliphatic heterocycles. The van der Waals surface area contributed by atoms with Crippen LogP contribution in [0.25, 0.3) is 0 Å². The van der Waals surface area contributed by atoms with Gasteiger partial charge >= 0.3 is 0 Å². The van der Waals surface area contributed by atoms with Crippen LogP contribution in [0.4, 0.5) is 5.82 Å². The van der Waals surface area contributed by atoms with Gasteiger partial charge in [0.2, 0.25) is 0 Å². The van der Waals surface area contributed by atoms with Crippen LogP contribution >= 0.6 is 0 Å². The molecule has 0 radical (unpaired) electrons. The van der Waals surface area contributed by atoms with Crippen LogP contribution in [0.15, 0.2) is 18.3 Å². The van der Waals surface area contributed by atoms with Gasteiger partial charge < -0.3 is 10.7 Å². The van der Waals surface area contributed by atoms with Crippen LogP contribution in [-0.2, 0) is 0 Å². The van der Waals surface area contributed by atoms with Gasteiger partial charge in [0.25, 0.3) is 5.91 Å². The average Bonchev–Trinajstić information content (AvgIpc) is 2.29. The lowest BCUT2D eigenvalue weighted by Crippen LogP contribution is -2.24. The number of nitrogen functional groups attached to an aromatic ring is 1. The number of unbranched alkanes of at least 4 members (excludes halogenated alkanes) is 1. The molecule has 1 aromatic heterocycles. The molecular weight excluding hydrogens is 204 g/mol. The molecule has 1 amide bonds. The number of nitrogens with zero attached hydrogens (tertiary/aromatic N) is 1. The summed E-state index contributed by atoms with van der Waals surface area (Å²) in [5, 5.41) is 2.81. The van der Waals surface area contributed by atoms with Gasteiger partial charge in [0, 0.05) is 12.7 Å². The van der Waals surface area contributed by atoms with E-state index < -0.39 is 0 Å². The van der Waals surface area contributed by atoms with Crippen LogP contribution in [-0.4, -0.2) is 17.4 Å². The van der Waals surface area contributed by atoms with Gasteiger partial charge in [-0.1, -0.05) is 20.8 Å². The van der Waals surface area contributed by atoms with Gasteiger partial charge in [0.15, 0.2) is 0 Å². The maximum absolute atomic E-state index is 11.5. The van der Waals surface area contributed by atoms with E-state index in [1.807, 2.05) is 0 Å². The Balaban J connectivity index is 0.00000225. The van der Waals surface area contributed by atoms with Crippen molar-refractivity contribution in [2.24, 2.45) is 5.84 Å². The second-order valence-electron chi connectivity index (χ2n) is 3.19. The topological polar surface area (TPSA) is 80.0 Å². The number of aromatic nitrogens is 1. The molecule has 0 aliphatic carbocycles. The first-order chi connectivity index (χ1) is 7.27. The van der Waals surface area contributed by atoms with E-state index in [2.05, 4.69) is 22.7 Å². The molecule has 0 atom stereocenters. The Morgan fingerprint density at radius 2 is 2.25 bits per heavy atom. The summed E-state index contributed by atoms with van der Waals surface area (Å²) in [6.45, 7) is 2.78. The lowest BCUT2D eigenvalue weighted by atomic mass is 10.2. The molecule has 1 rings (SSSR count). The second kappa shape index (κ2) is 7.64. The Kier molecular flexibility index (Phi) is 6.87. The Hall–Kier alpha value is -1.62. The second-order valence-corrected chi connectivity index (χ2v) is 3.19. The number of hydrogen-bond acceptors (Lipinski definition) is 4. The number of nitrogens with one attached hydrogen (secondary N) is 2. The highest BCUT2D eigenvalue weighted by Gasteiger charge is 2.04. The normalized spacial score (nSPS) is 9.12. The summed E-state index contributed by atoms with van der Waals surface area (Å²) in [5.74, 6) is 5.61. The minimum atomic E-state index is -0.0977. The molecule has 90 valence electrons. The van der Waals surface area contributed by atoms with Gasteiger partial charge in [0.05, 0.1) is 5.56 Å². The molecule has 5 nitrogen and oxygen atoms in total. The van der Waals surface area contributed by atoms with Crippen molar-refractivity contribution in [3.63, 3.8) is 0 Å². The summed E-state index contributed by atoms with van der Waals surface area (Å²) in [6.07, 6.45) is 3.55. The van der Waals surface area contributed by atoms with Gasteiger partial charge in [-0.3, -0.25) is 4.79 Å². The number of hydrogen-bond donors (Lipinski definition) is 3. The summed E-state index contributed by atoms with van der Waals surface area (Å²) >= 11 is 0. The maximum Gasteiger partial charge on any atom is 0.252 e. The molecule has 0 spiro atoms. The molecule has 0 fully saturated rings. The molecule has 0 unspecified atom stereocenters. The zero-order valence-corrected chi connectivity index (χ0v) is 8.79. The molecule has 5 heteroatoms. The van der Waals surface area contributed by atoms with Crippen molar-refractivity contribution in [2.75, 3.05) is 12.0 Å². The molecule has 0 aromatic carbocycles. The number of carbonyl (C=O) groups is 1. The van der Waals surface area contributed by atoms with E-state index in [1.165, 1.54) is 6.20 Å². The fourth-order valence-electron chi connectivity index (χ4n) is 1.09. The fraction of sp³-hybridized carbons (Fsp3) is 0.455. The molecule has 0 saturated heterocycles. The number of amides is 1.